The highest BCUT2D eigenvalue weighted by Gasteiger charge is 2.01. The second kappa shape index (κ2) is 3.98. The largest absolute Gasteiger partial charge is 0.431 e. The van der Waals surface area contributed by atoms with Crippen LogP contribution >= 0.6 is 22.9 Å². The Labute approximate surface area is 91.1 Å². The number of hydrogen-bond donors (Lipinski definition) is 0. The molecule has 1 aromatic carbocycles. The summed E-state index contributed by atoms with van der Waals surface area (Å²) in [6.07, 6.45) is 1.78. The molecule has 0 spiro atoms. The summed E-state index contributed by atoms with van der Waals surface area (Å²) in [5.74, 6) is 0.715. The summed E-state index contributed by atoms with van der Waals surface area (Å²) in [5.41, 5.74) is 0. The summed E-state index contributed by atoms with van der Waals surface area (Å²) in [5, 5.41) is 1.31. The van der Waals surface area contributed by atoms with E-state index in [-0.39, 0.29) is 0 Å². The van der Waals surface area contributed by atoms with Gasteiger partial charge in [0.15, 0.2) is 0 Å². The third-order valence-electron chi connectivity index (χ3n) is 1.60. The fraction of sp³-hybridized carbons (Fsp3) is 0.100. The van der Waals surface area contributed by atoms with Gasteiger partial charge in [-0.1, -0.05) is 29.0 Å². The molecule has 0 bridgehead atoms. The Bertz CT molecular complexity index is 441. The van der Waals surface area contributed by atoms with Crippen LogP contribution in [0, 0.1) is 6.92 Å². The highest BCUT2D eigenvalue weighted by atomic mass is 35.5. The van der Waals surface area contributed by atoms with Gasteiger partial charge in [0.1, 0.15) is 5.75 Å². The molecule has 0 fully saturated rings. The molecule has 0 saturated heterocycles. The predicted molar refractivity (Wildman–Crippen MR) is 58.4 cm³/mol. The van der Waals surface area contributed by atoms with Gasteiger partial charge in [0.2, 0.25) is 0 Å². The lowest BCUT2D eigenvalue weighted by Gasteiger charge is -2.00. The number of aryl methyl sites for hydroxylation is 1. The SMILES string of the molecule is Cc1cnc(Oc2cccc(Cl)c2)s1. The normalized spacial score (nSPS) is 10.1. The maximum atomic E-state index is 5.82. The molecular weight excluding hydrogens is 218 g/mol. The van der Waals surface area contributed by atoms with Gasteiger partial charge in [-0.2, -0.15) is 0 Å². The van der Waals surface area contributed by atoms with Gasteiger partial charge in [-0.15, -0.1) is 0 Å². The molecule has 0 unspecified atom stereocenters. The number of ether oxygens (including phenoxy) is 1. The van der Waals surface area contributed by atoms with E-state index in [0.29, 0.717) is 16.0 Å². The number of rotatable bonds is 2. The van der Waals surface area contributed by atoms with Crippen LogP contribution in [0.15, 0.2) is 30.5 Å². The zero-order chi connectivity index (χ0) is 9.97. The van der Waals surface area contributed by atoms with E-state index in [1.54, 1.807) is 12.3 Å². The lowest BCUT2D eigenvalue weighted by molar-refractivity contribution is 0.479. The van der Waals surface area contributed by atoms with Crippen LogP contribution in [0.4, 0.5) is 0 Å². The summed E-state index contributed by atoms with van der Waals surface area (Å²) in [4.78, 5) is 5.22. The molecule has 0 N–H and O–H groups in total. The third-order valence-corrected chi connectivity index (χ3v) is 2.63. The van der Waals surface area contributed by atoms with Crippen molar-refractivity contribution in [1.29, 1.82) is 0 Å². The summed E-state index contributed by atoms with van der Waals surface area (Å²) in [7, 11) is 0. The van der Waals surface area contributed by atoms with Crippen molar-refractivity contribution in [2.75, 3.05) is 0 Å². The first-order valence-electron chi connectivity index (χ1n) is 4.10. The number of hydrogen-bond acceptors (Lipinski definition) is 3. The summed E-state index contributed by atoms with van der Waals surface area (Å²) in [6, 6.07) is 7.26. The van der Waals surface area contributed by atoms with Gasteiger partial charge in [-0.3, -0.25) is 0 Å². The van der Waals surface area contributed by atoms with Gasteiger partial charge < -0.3 is 4.74 Å². The zero-order valence-corrected chi connectivity index (χ0v) is 9.10. The van der Waals surface area contributed by atoms with E-state index in [4.69, 9.17) is 16.3 Å². The van der Waals surface area contributed by atoms with Crippen LogP contribution in [0.2, 0.25) is 5.02 Å². The molecule has 0 aliphatic carbocycles. The van der Waals surface area contributed by atoms with Crippen LogP contribution in [-0.2, 0) is 0 Å². The molecule has 2 aromatic rings. The number of benzene rings is 1. The Morgan fingerprint density at radius 2 is 2.29 bits per heavy atom. The van der Waals surface area contributed by atoms with Gasteiger partial charge >= 0.3 is 0 Å². The minimum Gasteiger partial charge on any atom is -0.431 e. The van der Waals surface area contributed by atoms with E-state index >= 15 is 0 Å². The summed E-state index contributed by atoms with van der Waals surface area (Å²) < 4.78 is 5.50. The number of thiazole rings is 1. The van der Waals surface area contributed by atoms with Crippen molar-refractivity contribution in [1.82, 2.24) is 4.98 Å². The standard InChI is InChI=1S/C10H8ClNOS/c1-7-6-12-10(14-7)13-9-4-2-3-8(11)5-9/h2-6H,1H3. The Morgan fingerprint density at radius 1 is 1.43 bits per heavy atom. The Balaban J connectivity index is 2.18. The van der Waals surface area contributed by atoms with Gasteiger partial charge in [-0.25, -0.2) is 4.98 Å². The van der Waals surface area contributed by atoms with Crippen LogP contribution in [0.1, 0.15) is 4.88 Å². The van der Waals surface area contributed by atoms with E-state index in [9.17, 15) is 0 Å². The molecule has 72 valence electrons. The van der Waals surface area contributed by atoms with Crippen LogP contribution in [0.25, 0.3) is 0 Å². The maximum Gasteiger partial charge on any atom is 0.278 e. The fourth-order valence-corrected chi connectivity index (χ4v) is 1.82. The minimum atomic E-state index is 0.643. The van der Waals surface area contributed by atoms with Gasteiger partial charge in [-0.05, 0) is 25.1 Å². The summed E-state index contributed by atoms with van der Waals surface area (Å²) >= 11 is 7.33. The Kier molecular flexibility index (Phi) is 2.70. The predicted octanol–water partition coefficient (Wildman–Crippen LogP) is 3.90. The molecule has 1 aromatic heterocycles. The monoisotopic (exact) mass is 225 g/mol. The third kappa shape index (κ3) is 2.25. The zero-order valence-electron chi connectivity index (χ0n) is 7.53. The van der Waals surface area contributed by atoms with Crippen molar-refractivity contribution in [2.24, 2.45) is 0 Å². The molecule has 0 atom stereocenters. The quantitative estimate of drug-likeness (QED) is 0.774. The smallest absolute Gasteiger partial charge is 0.278 e. The van der Waals surface area contributed by atoms with E-state index in [2.05, 4.69) is 4.98 Å². The average molecular weight is 226 g/mol. The highest BCUT2D eigenvalue weighted by Crippen LogP contribution is 2.27. The molecule has 0 aliphatic rings. The van der Waals surface area contributed by atoms with Crippen molar-refractivity contribution in [2.45, 2.75) is 6.92 Å². The molecular formula is C10H8ClNOS. The van der Waals surface area contributed by atoms with Crippen molar-refractivity contribution in [3.8, 4) is 10.9 Å². The second-order valence-corrected chi connectivity index (χ2v) is 4.43. The van der Waals surface area contributed by atoms with E-state index in [1.165, 1.54) is 11.3 Å². The van der Waals surface area contributed by atoms with Crippen molar-refractivity contribution >= 4 is 22.9 Å². The molecule has 0 aliphatic heterocycles. The first-order valence-corrected chi connectivity index (χ1v) is 5.29. The van der Waals surface area contributed by atoms with Crippen LogP contribution in [0.3, 0.4) is 0 Å². The first-order chi connectivity index (χ1) is 6.74. The van der Waals surface area contributed by atoms with Crippen LogP contribution in [-0.4, -0.2) is 4.98 Å². The lowest BCUT2D eigenvalue weighted by atomic mass is 10.3. The second-order valence-electron chi connectivity index (χ2n) is 2.80. The number of halogens is 1. The van der Waals surface area contributed by atoms with Crippen molar-refractivity contribution < 1.29 is 4.74 Å². The number of nitrogens with zero attached hydrogens (tertiary/aromatic N) is 1. The fourth-order valence-electron chi connectivity index (χ4n) is 1.01. The minimum absolute atomic E-state index is 0.643. The van der Waals surface area contributed by atoms with Crippen LogP contribution < -0.4 is 4.74 Å². The first kappa shape index (κ1) is 9.49. The van der Waals surface area contributed by atoms with Gasteiger partial charge in [0.25, 0.3) is 5.19 Å². The molecule has 2 nitrogen and oxygen atoms in total. The molecule has 0 saturated carbocycles. The Morgan fingerprint density at radius 3 is 2.93 bits per heavy atom. The Hall–Kier alpha value is -1.06. The lowest BCUT2D eigenvalue weighted by Crippen LogP contribution is -1.81. The molecule has 1 heterocycles. The molecule has 4 heteroatoms. The van der Waals surface area contributed by atoms with Crippen molar-refractivity contribution in [3.63, 3.8) is 0 Å². The summed E-state index contributed by atoms with van der Waals surface area (Å²) in [6.45, 7) is 1.99. The average Bonchev–Trinajstić information content (AvgIpc) is 2.51. The number of aromatic nitrogens is 1. The topological polar surface area (TPSA) is 22.1 Å². The van der Waals surface area contributed by atoms with Crippen molar-refractivity contribution in [3.05, 3.63) is 40.4 Å². The molecule has 0 amide bonds. The van der Waals surface area contributed by atoms with E-state index in [1.807, 2.05) is 25.1 Å². The molecule has 2 rings (SSSR count). The molecule has 14 heavy (non-hydrogen) atoms. The van der Waals surface area contributed by atoms with E-state index in [0.717, 1.165) is 4.88 Å². The van der Waals surface area contributed by atoms with Gasteiger partial charge in [0.05, 0.1) is 0 Å². The molecule has 0 radical (unpaired) electrons. The van der Waals surface area contributed by atoms with E-state index < -0.39 is 0 Å². The van der Waals surface area contributed by atoms with Gasteiger partial charge in [0, 0.05) is 16.1 Å². The maximum absolute atomic E-state index is 5.82. The van der Waals surface area contributed by atoms with Crippen LogP contribution in [0.5, 0.6) is 10.9 Å². The highest BCUT2D eigenvalue weighted by molar-refractivity contribution is 7.13.